The molecule has 0 aliphatic rings. The second-order valence-electron chi connectivity index (χ2n) is 0.224. The van der Waals surface area contributed by atoms with E-state index in [4.69, 9.17) is 15.3 Å². The molecule has 95 valence electrons. The van der Waals surface area contributed by atoms with Crippen molar-refractivity contribution in [2.75, 3.05) is 0 Å². The van der Waals surface area contributed by atoms with Gasteiger partial charge in [-0.2, -0.15) is 0 Å². The fourth-order valence-electron chi connectivity index (χ4n) is 0. The summed E-state index contributed by atoms with van der Waals surface area (Å²) in [6, 6.07) is 0. The predicted octanol–water partition coefficient (Wildman–Crippen LogP) is 0.522. The summed E-state index contributed by atoms with van der Waals surface area (Å²) in [4.78, 5) is 8.25. The van der Waals surface area contributed by atoms with Crippen molar-refractivity contribution < 1.29 is 73.1 Å². The van der Waals surface area contributed by atoms with Crippen molar-refractivity contribution >= 4 is 72.7 Å². The summed E-state index contributed by atoms with van der Waals surface area (Å²) in [7, 11) is 0. The molecule has 0 heterocycles. The van der Waals surface area contributed by atoms with Crippen LogP contribution in [0, 0.1) is 15.3 Å². The second-order valence-corrected chi connectivity index (χ2v) is 0.224. The summed E-state index contributed by atoms with van der Waals surface area (Å²) in [5.74, 6) is 0. The van der Waals surface area contributed by atoms with Crippen LogP contribution in [0.1, 0.15) is 0 Å². The molecule has 0 atom stereocenters. The summed E-state index contributed by atoms with van der Waals surface area (Å²) in [6.45, 7) is 0. The van der Waals surface area contributed by atoms with E-state index in [9.17, 15) is 0 Å². The van der Waals surface area contributed by atoms with E-state index in [2.05, 4.69) is 0 Å². The molecule has 3 radical (unpaired) electrons. The zero-order valence-electron chi connectivity index (χ0n) is 4.67. The van der Waals surface area contributed by atoms with Crippen LogP contribution in [-0.2, 0) is 68.0 Å². The Morgan fingerprint density at radius 3 is 0.923 bits per heavy atom. The van der Waals surface area contributed by atoms with Crippen LogP contribution in [-0.4, -0.2) is 28.1 Å². The fraction of sp³-hybridized carbons (Fsp3) is 0. The summed E-state index contributed by atoms with van der Waals surface area (Å²) in [5.41, 5.74) is 0. The Labute approximate surface area is 159 Å². The molecule has 13 heteroatoms. The predicted molar refractivity (Wildman–Crippen MR) is 47.9 cm³/mol. The maximum absolute atomic E-state index is 8.25. The molecule has 0 rings (SSSR count). The molecular formula is H6Cl4CoCuFeMgMnNO3-. The van der Waals surface area contributed by atoms with Crippen LogP contribution in [0.2, 0.25) is 0 Å². The normalized spacial score (nSPS) is 1.85. The molecule has 0 aliphatic carbocycles. The van der Waals surface area contributed by atoms with Gasteiger partial charge < -0.3 is 15.3 Å². The average molecular weight is 467 g/mol. The minimum Gasteiger partial charge on any atom is -0.356 e. The standard InChI is InChI=1S/4ClH.Co.Cu.Fe.Mg.Mn.NO3.2H/c;;;;;;;;;2-1(3)4;;/h4*1H;;;;;;;;/q;;;;;;;;;-1;;. The van der Waals surface area contributed by atoms with E-state index in [1.54, 1.807) is 0 Å². The Bertz CT molecular complexity index is 58.4. The first-order valence-electron chi connectivity index (χ1n) is 0.548. The van der Waals surface area contributed by atoms with Gasteiger partial charge in [-0.15, -0.1) is 49.6 Å². The summed E-state index contributed by atoms with van der Waals surface area (Å²) in [6.07, 6.45) is 0. The van der Waals surface area contributed by atoms with Crippen molar-refractivity contribution in [3.63, 3.8) is 0 Å². The Morgan fingerprint density at radius 2 is 0.923 bits per heavy atom. The van der Waals surface area contributed by atoms with Crippen molar-refractivity contribution in [2.24, 2.45) is 0 Å². The van der Waals surface area contributed by atoms with E-state index in [0.29, 0.717) is 0 Å². The molecule has 4 nitrogen and oxygen atoms in total. The molecule has 0 spiro atoms. The number of hydrogen-bond acceptors (Lipinski definition) is 3. The minimum atomic E-state index is -1.75. The molecule has 0 aliphatic heterocycles. The van der Waals surface area contributed by atoms with Gasteiger partial charge >= 0.3 is 23.1 Å². The van der Waals surface area contributed by atoms with Gasteiger partial charge in [-0.3, -0.25) is 0 Å². The molecule has 0 amide bonds. The quantitative estimate of drug-likeness (QED) is 0.297. The monoisotopic (exact) mass is 465 g/mol. The van der Waals surface area contributed by atoms with Crippen LogP contribution in [0.4, 0.5) is 0 Å². The topological polar surface area (TPSA) is 66.2 Å². The van der Waals surface area contributed by atoms with E-state index in [-0.39, 0.29) is 141 Å². The van der Waals surface area contributed by atoms with E-state index < -0.39 is 5.09 Å². The van der Waals surface area contributed by atoms with Gasteiger partial charge in [-0.1, -0.05) is 0 Å². The van der Waals surface area contributed by atoms with Gasteiger partial charge in [0.25, 0.3) is 0 Å². The van der Waals surface area contributed by atoms with Crippen molar-refractivity contribution in [1.82, 2.24) is 0 Å². The molecule has 0 saturated heterocycles. The van der Waals surface area contributed by atoms with Crippen LogP contribution >= 0.6 is 49.6 Å². The molecule has 0 fully saturated rings. The zero-order valence-corrected chi connectivity index (χ0v) is 12.2. The van der Waals surface area contributed by atoms with Crippen LogP contribution in [0.15, 0.2) is 0 Å². The molecular weight excluding hydrogens is 461 g/mol. The Morgan fingerprint density at radius 1 is 0.923 bits per heavy atom. The van der Waals surface area contributed by atoms with Gasteiger partial charge in [0.2, 0.25) is 0 Å². The molecule has 0 N–H and O–H groups in total. The molecule has 0 saturated carbocycles. The zero-order chi connectivity index (χ0) is 3.58. The Kier molecular flexibility index (Phi) is 598. The minimum absolute atomic E-state index is 0. The first-order valence-corrected chi connectivity index (χ1v) is 0.548. The number of hydrogen-bond donors (Lipinski definition) is 0. The molecule has 0 aromatic rings. The summed E-state index contributed by atoms with van der Waals surface area (Å²) < 4.78 is 0. The first kappa shape index (κ1) is 97.5. The van der Waals surface area contributed by atoms with Crippen LogP contribution in [0.25, 0.3) is 0 Å². The maximum Gasteiger partial charge on any atom is 0.316 e. The number of rotatable bonds is 0. The summed E-state index contributed by atoms with van der Waals surface area (Å²) in [5, 5.41) is 14.8. The molecule has 0 bridgehead atoms. The van der Waals surface area contributed by atoms with Crippen LogP contribution < -0.4 is 0 Å². The number of nitrogens with zero attached hydrogens (tertiary/aromatic N) is 1. The second kappa shape index (κ2) is 79.8. The van der Waals surface area contributed by atoms with Gasteiger partial charge in [0.05, 0.1) is 5.09 Å². The van der Waals surface area contributed by atoms with Crippen molar-refractivity contribution in [3.05, 3.63) is 15.3 Å². The van der Waals surface area contributed by atoms with Crippen LogP contribution in [0.3, 0.4) is 0 Å². The van der Waals surface area contributed by atoms with Gasteiger partial charge in [0.1, 0.15) is 0 Å². The Hall–Kier alpha value is 3.19. The van der Waals surface area contributed by atoms with Crippen LogP contribution in [0.5, 0.6) is 0 Å². The third-order valence-electron chi connectivity index (χ3n) is 0. The van der Waals surface area contributed by atoms with Crippen molar-refractivity contribution in [2.45, 2.75) is 0 Å². The number of halogens is 4. The van der Waals surface area contributed by atoms with E-state index in [1.807, 2.05) is 0 Å². The largest absolute Gasteiger partial charge is 0.356 e. The van der Waals surface area contributed by atoms with Gasteiger partial charge in [0, 0.05) is 68.0 Å². The van der Waals surface area contributed by atoms with Gasteiger partial charge in [-0.25, -0.2) is 0 Å². The maximum atomic E-state index is 8.25. The third-order valence-corrected chi connectivity index (χ3v) is 0. The van der Waals surface area contributed by atoms with E-state index in [0.717, 1.165) is 0 Å². The fourth-order valence-corrected chi connectivity index (χ4v) is 0. The van der Waals surface area contributed by atoms with Crippen molar-refractivity contribution in [3.8, 4) is 0 Å². The van der Waals surface area contributed by atoms with E-state index in [1.165, 1.54) is 0 Å². The summed E-state index contributed by atoms with van der Waals surface area (Å²) >= 11 is 0. The smallest absolute Gasteiger partial charge is 0.316 e. The van der Waals surface area contributed by atoms with Crippen molar-refractivity contribution in [1.29, 1.82) is 0 Å². The molecule has 0 unspecified atom stereocenters. The third kappa shape index (κ3) is 260. The average Bonchev–Trinajstić information content (AvgIpc) is 0.811. The first-order chi connectivity index (χ1) is 1.73. The van der Waals surface area contributed by atoms with E-state index >= 15 is 0 Å². The molecule has 0 aromatic carbocycles. The molecule has 13 heavy (non-hydrogen) atoms. The molecule has 0 aromatic heterocycles. The van der Waals surface area contributed by atoms with Gasteiger partial charge in [0.15, 0.2) is 0 Å². The SMILES string of the molecule is Cl.Cl.Cl.Cl.O=[N+]([O-])[O-].[Co].[Cu].[Fe].[MgH2].[Mn]. The van der Waals surface area contributed by atoms with Gasteiger partial charge in [-0.05, 0) is 0 Å². The Balaban J connectivity index is -0.00000000125.